The summed E-state index contributed by atoms with van der Waals surface area (Å²) in [6.07, 6.45) is 0.798. The molecule has 1 heterocycles. The Morgan fingerprint density at radius 3 is 2.94 bits per heavy atom. The monoisotopic (exact) mass is 271 g/mol. The van der Waals surface area contributed by atoms with E-state index in [0.29, 0.717) is 12.4 Å². The molecule has 0 atom stereocenters. The number of nitrogen functional groups attached to an aromatic ring is 1. The molecule has 17 heavy (non-hydrogen) atoms. The molecule has 2 N–H and O–H groups in total. The van der Waals surface area contributed by atoms with Gasteiger partial charge in [0.25, 0.3) is 0 Å². The lowest BCUT2D eigenvalue weighted by molar-refractivity contribution is 0.324. The van der Waals surface area contributed by atoms with E-state index < -0.39 is 5.82 Å². The average Bonchev–Trinajstić information content (AvgIpc) is 2.78. The van der Waals surface area contributed by atoms with Crippen LogP contribution in [0.2, 0.25) is 5.02 Å². The van der Waals surface area contributed by atoms with Gasteiger partial charge in [-0.05, 0) is 11.4 Å². The van der Waals surface area contributed by atoms with Crippen molar-refractivity contribution in [2.75, 3.05) is 12.3 Å². The summed E-state index contributed by atoms with van der Waals surface area (Å²) in [6.45, 7) is 0.493. The topological polar surface area (TPSA) is 35.2 Å². The zero-order valence-electron chi connectivity index (χ0n) is 8.95. The predicted octanol–water partition coefficient (Wildman–Crippen LogP) is 3.74. The first-order valence-electron chi connectivity index (χ1n) is 5.06. The van der Waals surface area contributed by atoms with Crippen molar-refractivity contribution in [3.05, 3.63) is 45.4 Å². The Hall–Kier alpha value is -1.26. The molecular formula is C12H11ClFNOS. The molecule has 0 saturated heterocycles. The molecule has 0 bridgehead atoms. The molecule has 0 spiro atoms. The highest BCUT2D eigenvalue weighted by atomic mass is 35.5. The molecule has 2 nitrogen and oxygen atoms in total. The molecule has 5 heteroatoms. The Labute approximate surface area is 108 Å². The van der Waals surface area contributed by atoms with Crippen LogP contribution in [0.1, 0.15) is 4.88 Å². The van der Waals surface area contributed by atoms with Crippen LogP contribution in [0.25, 0.3) is 0 Å². The van der Waals surface area contributed by atoms with Crippen molar-refractivity contribution in [3.8, 4) is 5.75 Å². The molecule has 0 saturated carbocycles. The number of anilines is 1. The van der Waals surface area contributed by atoms with Crippen molar-refractivity contribution >= 4 is 28.6 Å². The third kappa shape index (κ3) is 3.11. The number of benzene rings is 1. The van der Waals surface area contributed by atoms with Gasteiger partial charge >= 0.3 is 0 Å². The van der Waals surface area contributed by atoms with Crippen LogP contribution in [0.5, 0.6) is 5.75 Å². The Balaban J connectivity index is 1.97. The second kappa shape index (κ2) is 5.38. The highest BCUT2D eigenvalue weighted by molar-refractivity contribution is 7.09. The molecule has 0 unspecified atom stereocenters. The van der Waals surface area contributed by atoms with E-state index in [0.717, 1.165) is 6.42 Å². The van der Waals surface area contributed by atoms with Crippen molar-refractivity contribution in [1.82, 2.24) is 0 Å². The standard InChI is InChI=1S/C12H11ClFNOS/c13-9-6-12(11(15)7-10(9)14)16-4-3-8-2-1-5-17-8/h1-2,5-7H,3-4,15H2. The van der Waals surface area contributed by atoms with Gasteiger partial charge < -0.3 is 10.5 Å². The molecule has 2 aromatic rings. The van der Waals surface area contributed by atoms with E-state index in [2.05, 4.69) is 0 Å². The SMILES string of the molecule is Nc1cc(F)c(Cl)cc1OCCc1cccs1. The first kappa shape index (κ1) is 12.2. The van der Waals surface area contributed by atoms with Crippen LogP contribution in [-0.2, 0) is 6.42 Å². The van der Waals surface area contributed by atoms with Gasteiger partial charge in [0.15, 0.2) is 0 Å². The zero-order chi connectivity index (χ0) is 12.3. The number of thiophene rings is 1. The van der Waals surface area contributed by atoms with E-state index in [9.17, 15) is 4.39 Å². The molecule has 0 amide bonds. The number of hydrogen-bond donors (Lipinski definition) is 1. The smallest absolute Gasteiger partial charge is 0.144 e. The van der Waals surface area contributed by atoms with Crippen LogP contribution in [0.4, 0.5) is 10.1 Å². The van der Waals surface area contributed by atoms with Gasteiger partial charge in [0, 0.05) is 23.4 Å². The summed E-state index contributed by atoms with van der Waals surface area (Å²) in [5.74, 6) is -0.109. The number of hydrogen-bond acceptors (Lipinski definition) is 3. The minimum absolute atomic E-state index is 0.0188. The Morgan fingerprint density at radius 1 is 1.41 bits per heavy atom. The van der Waals surface area contributed by atoms with Gasteiger partial charge in [-0.1, -0.05) is 17.7 Å². The molecule has 1 aromatic heterocycles. The highest BCUT2D eigenvalue weighted by Crippen LogP contribution is 2.28. The number of nitrogens with two attached hydrogens (primary N) is 1. The Morgan fingerprint density at radius 2 is 2.24 bits per heavy atom. The van der Waals surface area contributed by atoms with Crippen molar-refractivity contribution in [1.29, 1.82) is 0 Å². The normalized spacial score (nSPS) is 10.5. The minimum atomic E-state index is -0.533. The fourth-order valence-corrected chi connectivity index (χ4v) is 2.23. The highest BCUT2D eigenvalue weighted by Gasteiger charge is 2.07. The van der Waals surface area contributed by atoms with Gasteiger partial charge in [-0.15, -0.1) is 11.3 Å². The van der Waals surface area contributed by atoms with E-state index in [1.165, 1.54) is 17.0 Å². The van der Waals surface area contributed by atoms with Gasteiger partial charge in [-0.25, -0.2) is 4.39 Å². The van der Waals surface area contributed by atoms with Gasteiger partial charge in [-0.3, -0.25) is 0 Å². The van der Waals surface area contributed by atoms with Gasteiger partial charge in [0.05, 0.1) is 17.3 Å². The maximum absolute atomic E-state index is 13.0. The summed E-state index contributed by atoms with van der Waals surface area (Å²) in [6, 6.07) is 6.60. The Bertz CT molecular complexity index is 501. The van der Waals surface area contributed by atoms with E-state index in [1.54, 1.807) is 11.3 Å². The number of rotatable bonds is 4. The molecule has 90 valence electrons. The van der Waals surface area contributed by atoms with E-state index in [-0.39, 0.29) is 10.7 Å². The van der Waals surface area contributed by atoms with Gasteiger partial charge in [-0.2, -0.15) is 0 Å². The Kier molecular flexibility index (Phi) is 3.86. The lowest BCUT2D eigenvalue weighted by atomic mass is 10.3. The summed E-state index contributed by atoms with van der Waals surface area (Å²) < 4.78 is 18.5. The molecule has 0 aliphatic carbocycles. The summed E-state index contributed by atoms with van der Waals surface area (Å²) >= 11 is 7.33. The van der Waals surface area contributed by atoms with E-state index in [1.807, 2.05) is 17.5 Å². The van der Waals surface area contributed by atoms with Gasteiger partial charge in [0.1, 0.15) is 11.6 Å². The molecule has 0 aliphatic heterocycles. The molecule has 0 fully saturated rings. The third-order valence-electron chi connectivity index (χ3n) is 2.24. The maximum Gasteiger partial charge on any atom is 0.144 e. The summed E-state index contributed by atoms with van der Waals surface area (Å²) in [5, 5.41) is 2.03. The maximum atomic E-state index is 13.0. The molecule has 2 rings (SSSR count). The quantitative estimate of drug-likeness (QED) is 0.860. The molecule has 1 aromatic carbocycles. The van der Waals surface area contributed by atoms with Crippen LogP contribution in [0.3, 0.4) is 0 Å². The molecule has 0 aliphatic rings. The minimum Gasteiger partial charge on any atom is -0.491 e. The lowest BCUT2D eigenvalue weighted by Gasteiger charge is -2.09. The average molecular weight is 272 g/mol. The van der Waals surface area contributed by atoms with E-state index in [4.69, 9.17) is 22.1 Å². The molecular weight excluding hydrogens is 261 g/mol. The van der Waals surface area contributed by atoms with Crippen molar-refractivity contribution in [2.24, 2.45) is 0 Å². The summed E-state index contributed by atoms with van der Waals surface area (Å²) in [7, 11) is 0. The van der Waals surface area contributed by atoms with Crippen LogP contribution in [-0.4, -0.2) is 6.61 Å². The summed E-state index contributed by atoms with van der Waals surface area (Å²) in [4.78, 5) is 1.23. The van der Waals surface area contributed by atoms with Crippen LogP contribution >= 0.6 is 22.9 Å². The van der Waals surface area contributed by atoms with E-state index >= 15 is 0 Å². The summed E-state index contributed by atoms with van der Waals surface area (Å²) in [5.41, 5.74) is 5.89. The fourth-order valence-electron chi connectivity index (χ4n) is 1.39. The largest absolute Gasteiger partial charge is 0.491 e. The molecule has 0 radical (unpaired) electrons. The zero-order valence-corrected chi connectivity index (χ0v) is 10.5. The fraction of sp³-hybridized carbons (Fsp3) is 0.167. The first-order chi connectivity index (χ1) is 8.16. The van der Waals surface area contributed by atoms with Crippen LogP contribution in [0, 0.1) is 5.82 Å². The van der Waals surface area contributed by atoms with Crippen LogP contribution in [0.15, 0.2) is 29.6 Å². The third-order valence-corrected chi connectivity index (χ3v) is 3.46. The van der Waals surface area contributed by atoms with Crippen LogP contribution < -0.4 is 10.5 Å². The predicted molar refractivity (Wildman–Crippen MR) is 69.3 cm³/mol. The van der Waals surface area contributed by atoms with Gasteiger partial charge in [0.2, 0.25) is 0 Å². The number of halogens is 2. The van der Waals surface area contributed by atoms with Crippen molar-refractivity contribution < 1.29 is 9.13 Å². The second-order valence-corrected chi connectivity index (χ2v) is 4.92. The second-order valence-electron chi connectivity index (χ2n) is 3.48. The first-order valence-corrected chi connectivity index (χ1v) is 6.32. The van der Waals surface area contributed by atoms with Crippen molar-refractivity contribution in [3.63, 3.8) is 0 Å². The number of ether oxygens (including phenoxy) is 1. The lowest BCUT2D eigenvalue weighted by Crippen LogP contribution is -2.03. The van der Waals surface area contributed by atoms with Crippen molar-refractivity contribution in [2.45, 2.75) is 6.42 Å².